The first-order valence-electron chi connectivity index (χ1n) is 5.27. The Morgan fingerprint density at radius 1 is 0.818 bits per heavy atom. The molecule has 3 aliphatic rings. The van der Waals surface area contributed by atoms with Gasteiger partial charge in [-0.2, -0.15) is 0 Å². The molecule has 3 fully saturated rings. The lowest BCUT2D eigenvalue weighted by Gasteiger charge is -2.46. The lowest BCUT2D eigenvalue weighted by molar-refractivity contribution is 0.0460. The molecule has 11 heavy (non-hydrogen) atoms. The van der Waals surface area contributed by atoms with Gasteiger partial charge in [0, 0.05) is 0 Å². The van der Waals surface area contributed by atoms with E-state index in [1.165, 1.54) is 25.7 Å². The summed E-state index contributed by atoms with van der Waals surface area (Å²) >= 11 is 0. The third-order valence-electron chi connectivity index (χ3n) is 4.15. The van der Waals surface area contributed by atoms with E-state index < -0.39 is 0 Å². The maximum absolute atomic E-state index is 2.47. The SMILES string of the molecule is CC1CCC2CC(CC1)C2C. The van der Waals surface area contributed by atoms with Crippen molar-refractivity contribution in [1.29, 1.82) is 0 Å². The zero-order valence-electron chi connectivity index (χ0n) is 7.84. The number of fused-ring (bicyclic) bond motifs is 4. The molecule has 3 rings (SSSR count). The van der Waals surface area contributed by atoms with Crippen LogP contribution < -0.4 is 0 Å². The zero-order chi connectivity index (χ0) is 7.84. The second kappa shape index (κ2) is 2.80. The minimum absolute atomic E-state index is 1.02. The number of hydrogen-bond acceptors (Lipinski definition) is 0. The average Bonchev–Trinajstić information content (AvgIpc) is 1.95. The summed E-state index contributed by atoms with van der Waals surface area (Å²) < 4.78 is 0. The molecule has 0 N–H and O–H groups in total. The first-order valence-corrected chi connectivity index (χ1v) is 5.27. The van der Waals surface area contributed by atoms with Gasteiger partial charge in [0.1, 0.15) is 0 Å². The molecule has 2 atom stereocenters. The molecule has 2 bridgehead atoms. The van der Waals surface area contributed by atoms with E-state index in [1.807, 2.05) is 0 Å². The lowest BCUT2D eigenvalue weighted by atomic mass is 9.60. The van der Waals surface area contributed by atoms with Gasteiger partial charge in [-0.05, 0) is 42.9 Å². The minimum atomic E-state index is 1.02. The highest BCUT2D eigenvalue weighted by molar-refractivity contribution is 4.88. The summed E-state index contributed by atoms with van der Waals surface area (Å²) in [5, 5.41) is 0. The molecular formula is C11H20. The summed E-state index contributed by atoms with van der Waals surface area (Å²) in [7, 11) is 0. The van der Waals surface area contributed by atoms with Gasteiger partial charge in [-0.1, -0.05) is 26.7 Å². The molecule has 0 aliphatic heterocycles. The van der Waals surface area contributed by atoms with Crippen molar-refractivity contribution in [3.63, 3.8) is 0 Å². The molecule has 3 aliphatic carbocycles. The van der Waals surface area contributed by atoms with E-state index in [1.54, 1.807) is 6.42 Å². The second-order valence-corrected chi connectivity index (χ2v) is 4.87. The zero-order valence-corrected chi connectivity index (χ0v) is 7.84. The van der Waals surface area contributed by atoms with Gasteiger partial charge in [0.15, 0.2) is 0 Å². The molecule has 0 nitrogen and oxygen atoms in total. The summed E-state index contributed by atoms with van der Waals surface area (Å²) in [5.41, 5.74) is 0. The van der Waals surface area contributed by atoms with Crippen molar-refractivity contribution in [2.45, 2.75) is 46.0 Å². The average molecular weight is 152 g/mol. The Bertz CT molecular complexity index is 125. The van der Waals surface area contributed by atoms with Gasteiger partial charge < -0.3 is 0 Å². The molecule has 0 heterocycles. The molecule has 2 unspecified atom stereocenters. The fourth-order valence-electron chi connectivity index (χ4n) is 2.91. The quantitative estimate of drug-likeness (QED) is 0.498. The lowest BCUT2D eigenvalue weighted by Crippen LogP contribution is -2.36. The highest BCUT2D eigenvalue weighted by Crippen LogP contribution is 2.48. The van der Waals surface area contributed by atoms with Gasteiger partial charge >= 0.3 is 0 Å². The molecular weight excluding hydrogens is 132 g/mol. The van der Waals surface area contributed by atoms with Crippen molar-refractivity contribution in [2.75, 3.05) is 0 Å². The normalized spacial score (nSPS) is 50.7. The van der Waals surface area contributed by atoms with Crippen LogP contribution in [0.15, 0.2) is 0 Å². The van der Waals surface area contributed by atoms with Gasteiger partial charge in [0.05, 0.1) is 0 Å². The van der Waals surface area contributed by atoms with E-state index in [-0.39, 0.29) is 0 Å². The standard InChI is InChI=1S/C11H20/c1-8-3-5-10-7-11(6-4-8)9(10)2/h8-11H,3-7H2,1-2H3. The van der Waals surface area contributed by atoms with Gasteiger partial charge in [0.2, 0.25) is 0 Å². The second-order valence-electron chi connectivity index (χ2n) is 4.87. The van der Waals surface area contributed by atoms with Gasteiger partial charge in [-0.3, -0.25) is 0 Å². The van der Waals surface area contributed by atoms with E-state index in [2.05, 4.69) is 13.8 Å². The first kappa shape index (κ1) is 7.64. The molecule has 0 radical (unpaired) electrons. The molecule has 0 heteroatoms. The van der Waals surface area contributed by atoms with Crippen LogP contribution in [0.2, 0.25) is 0 Å². The third-order valence-corrected chi connectivity index (χ3v) is 4.15. The highest BCUT2D eigenvalue weighted by Gasteiger charge is 2.38. The predicted octanol–water partition coefficient (Wildman–Crippen LogP) is 3.47. The van der Waals surface area contributed by atoms with Crippen LogP contribution in [0.4, 0.5) is 0 Å². The Balaban J connectivity index is 1.92. The van der Waals surface area contributed by atoms with Crippen molar-refractivity contribution in [3.05, 3.63) is 0 Å². The van der Waals surface area contributed by atoms with Crippen molar-refractivity contribution in [2.24, 2.45) is 23.7 Å². The molecule has 3 saturated carbocycles. The Hall–Kier alpha value is 0. The largest absolute Gasteiger partial charge is 0.0625 e. The topological polar surface area (TPSA) is 0 Å². The van der Waals surface area contributed by atoms with E-state index in [0.717, 1.165) is 23.7 Å². The maximum atomic E-state index is 2.47. The van der Waals surface area contributed by atoms with Crippen molar-refractivity contribution in [3.8, 4) is 0 Å². The molecule has 0 aromatic heterocycles. The fourth-order valence-corrected chi connectivity index (χ4v) is 2.91. The van der Waals surface area contributed by atoms with E-state index >= 15 is 0 Å². The van der Waals surface area contributed by atoms with Crippen LogP contribution >= 0.6 is 0 Å². The molecule has 0 spiro atoms. The third kappa shape index (κ3) is 1.32. The Kier molecular flexibility index (Phi) is 1.95. The molecule has 0 aromatic carbocycles. The van der Waals surface area contributed by atoms with Crippen LogP contribution in [0.5, 0.6) is 0 Å². The van der Waals surface area contributed by atoms with Gasteiger partial charge in [-0.25, -0.2) is 0 Å². The fraction of sp³-hybridized carbons (Fsp3) is 1.00. The van der Waals surface area contributed by atoms with E-state index in [0.29, 0.717) is 0 Å². The van der Waals surface area contributed by atoms with Crippen LogP contribution in [0.25, 0.3) is 0 Å². The van der Waals surface area contributed by atoms with Crippen LogP contribution in [0.3, 0.4) is 0 Å². The molecule has 0 saturated heterocycles. The molecule has 0 amide bonds. The van der Waals surface area contributed by atoms with Crippen LogP contribution in [0, 0.1) is 23.7 Å². The predicted molar refractivity (Wildman–Crippen MR) is 48.4 cm³/mol. The maximum Gasteiger partial charge on any atom is -0.0383 e. The Labute approximate surface area is 70.4 Å². The monoisotopic (exact) mass is 152 g/mol. The first-order chi connectivity index (χ1) is 5.27. The van der Waals surface area contributed by atoms with Crippen LogP contribution in [-0.4, -0.2) is 0 Å². The Morgan fingerprint density at radius 2 is 1.36 bits per heavy atom. The summed E-state index contributed by atoms with van der Waals surface area (Å²) in [5.74, 6) is 4.32. The molecule has 0 aromatic rings. The number of hydrogen-bond donors (Lipinski definition) is 0. The Morgan fingerprint density at radius 3 is 1.82 bits per heavy atom. The minimum Gasteiger partial charge on any atom is -0.0625 e. The number of rotatable bonds is 0. The van der Waals surface area contributed by atoms with Crippen LogP contribution in [-0.2, 0) is 0 Å². The smallest absolute Gasteiger partial charge is 0.0383 e. The van der Waals surface area contributed by atoms with E-state index in [4.69, 9.17) is 0 Å². The van der Waals surface area contributed by atoms with Gasteiger partial charge in [-0.15, -0.1) is 0 Å². The van der Waals surface area contributed by atoms with E-state index in [9.17, 15) is 0 Å². The van der Waals surface area contributed by atoms with Gasteiger partial charge in [0.25, 0.3) is 0 Å². The summed E-state index contributed by atoms with van der Waals surface area (Å²) in [4.78, 5) is 0. The van der Waals surface area contributed by atoms with Crippen LogP contribution in [0.1, 0.15) is 46.0 Å². The summed E-state index contributed by atoms with van der Waals surface area (Å²) in [6.45, 7) is 4.89. The summed E-state index contributed by atoms with van der Waals surface area (Å²) in [6.07, 6.45) is 7.62. The molecule has 64 valence electrons. The highest BCUT2D eigenvalue weighted by atomic mass is 14.4. The van der Waals surface area contributed by atoms with Crippen molar-refractivity contribution < 1.29 is 0 Å². The van der Waals surface area contributed by atoms with Crippen molar-refractivity contribution in [1.82, 2.24) is 0 Å². The van der Waals surface area contributed by atoms with Crippen molar-refractivity contribution >= 4 is 0 Å². The summed E-state index contributed by atoms with van der Waals surface area (Å²) in [6, 6.07) is 0.